The average Bonchev–Trinajstić information content (AvgIpc) is 2.58. The Morgan fingerprint density at radius 2 is 1.77 bits per heavy atom. The highest BCUT2D eigenvalue weighted by atomic mass is 35.6. The van der Waals surface area contributed by atoms with E-state index in [0.717, 1.165) is 0 Å². The van der Waals surface area contributed by atoms with Crippen molar-refractivity contribution < 1.29 is 28.6 Å². The lowest BCUT2D eigenvalue weighted by atomic mass is 10.0. The second-order valence-corrected chi connectivity index (χ2v) is 7.04. The van der Waals surface area contributed by atoms with Crippen molar-refractivity contribution in [3.05, 3.63) is 42.0 Å². The third kappa shape index (κ3) is 6.40. The van der Waals surface area contributed by atoms with Gasteiger partial charge in [-0.25, -0.2) is 9.59 Å². The monoisotopic (exact) mass is 423 g/mol. The highest BCUT2D eigenvalue weighted by Gasteiger charge is 2.34. The second kappa shape index (κ2) is 9.66. The molecule has 142 valence electrons. The highest BCUT2D eigenvalue weighted by Crippen LogP contribution is 2.29. The van der Waals surface area contributed by atoms with Gasteiger partial charge in [0.25, 0.3) is 9.70 Å². The van der Waals surface area contributed by atoms with E-state index in [1.165, 1.54) is 7.11 Å². The molecule has 1 rings (SSSR count). The second-order valence-electron chi connectivity index (χ2n) is 4.76. The zero-order valence-corrected chi connectivity index (χ0v) is 16.2. The van der Waals surface area contributed by atoms with Gasteiger partial charge in [0.2, 0.25) is 0 Å². The lowest BCUT2D eigenvalue weighted by Gasteiger charge is -2.20. The van der Waals surface area contributed by atoms with Crippen molar-refractivity contribution >= 4 is 52.8 Å². The van der Waals surface area contributed by atoms with Crippen LogP contribution in [0, 0.1) is 0 Å². The lowest BCUT2D eigenvalue weighted by molar-refractivity contribution is -0.139. The number of hydrogen-bond donors (Lipinski definition) is 1. The predicted octanol–water partition coefficient (Wildman–Crippen LogP) is 3.48. The van der Waals surface area contributed by atoms with E-state index in [2.05, 4.69) is 6.58 Å². The van der Waals surface area contributed by atoms with Gasteiger partial charge in [-0.2, -0.15) is 0 Å². The van der Waals surface area contributed by atoms with Crippen molar-refractivity contribution in [3.63, 3.8) is 0 Å². The van der Waals surface area contributed by atoms with E-state index in [1.54, 1.807) is 36.5 Å². The number of esters is 1. The molecule has 1 N–H and O–H groups in total. The fourth-order valence-corrected chi connectivity index (χ4v) is 1.89. The van der Waals surface area contributed by atoms with Crippen molar-refractivity contribution in [1.82, 2.24) is 5.32 Å². The molecule has 10 heteroatoms. The molecule has 1 atom stereocenters. The minimum atomic E-state index is -2.35. The molecule has 0 spiro atoms. The van der Waals surface area contributed by atoms with E-state index < -0.39 is 27.9 Å². The van der Waals surface area contributed by atoms with Gasteiger partial charge in [0, 0.05) is 0 Å². The molecule has 0 aliphatic rings. The van der Waals surface area contributed by atoms with Gasteiger partial charge in [-0.3, -0.25) is 10.1 Å². The third-order valence-corrected chi connectivity index (χ3v) is 3.49. The maximum absolute atomic E-state index is 12.0. The number of methoxy groups -OCH3 is 1. The molecular weight excluding hydrogens is 409 g/mol. The maximum atomic E-state index is 12.0. The number of benzene rings is 1. The number of alkyl carbamates (subject to hydrolysis) is 1. The quantitative estimate of drug-likeness (QED) is 0.427. The minimum Gasteiger partial charge on any atom is -0.497 e. The molecule has 0 aliphatic heterocycles. The summed E-state index contributed by atoms with van der Waals surface area (Å²) in [6.45, 7) is 5.31. The van der Waals surface area contributed by atoms with E-state index in [-0.39, 0.29) is 12.2 Å². The summed E-state index contributed by atoms with van der Waals surface area (Å²) in [4.78, 5) is 35.4. The van der Waals surface area contributed by atoms with Crippen LogP contribution in [-0.4, -0.2) is 35.5 Å². The SMILES string of the molecule is C=C(C(=O)OCC)C(OC(=O)NC(=O)C(Cl)(Cl)Cl)c1ccc(OC)cc1. The van der Waals surface area contributed by atoms with Crippen LogP contribution in [0.1, 0.15) is 18.6 Å². The lowest BCUT2D eigenvalue weighted by Crippen LogP contribution is -2.40. The van der Waals surface area contributed by atoms with Gasteiger partial charge in [-0.1, -0.05) is 53.5 Å². The molecule has 0 bridgehead atoms. The average molecular weight is 425 g/mol. The van der Waals surface area contributed by atoms with Crippen LogP contribution in [0.25, 0.3) is 0 Å². The Hall–Kier alpha value is -1.96. The Bertz CT molecular complexity index is 684. The fraction of sp³-hybridized carbons (Fsp3) is 0.312. The van der Waals surface area contributed by atoms with E-state index in [4.69, 9.17) is 49.0 Å². The van der Waals surface area contributed by atoms with Gasteiger partial charge in [-0.15, -0.1) is 0 Å². The standard InChI is InChI=1S/C16H16Cl3NO6/c1-4-25-13(21)9(2)12(10-5-7-11(24-3)8-6-10)26-15(23)20-14(22)16(17,18)19/h5-8,12H,2,4H2,1,3H3,(H,20,22,23). The van der Waals surface area contributed by atoms with Crippen LogP contribution in [0.5, 0.6) is 5.75 Å². The van der Waals surface area contributed by atoms with Crippen LogP contribution >= 0.6 is 34.8 Å². The molecule has 0 radical (unpaired) electrons. The van der Waals surface area contributed by atoms with Gasteiger partial charge in [0.15, 0.2) is 6.10 Å². The van der Waals surface area contributed by atoms with Gasteiger partial charge in [-0.05, 0) is 24.6 Å². The first kappa shape index (κ1) is 22.1. The number of rotatable bonds is 6. The first-order valence-corrected chi connectivity index (χ1v) is 8.32. The number of amides is 2. The van der Waals surface area contributed by atoms with E-state index >= 15 is 0 Å². The molecule has 1 aromatic rings. The predicted molar refractivity (Wildman–Crippen MR) is 96.4 cm³/mol. The number of alkyl halides is 3. The Balaban J connectivity index is 3.03. The van der Waals surface area contributed by atoms with Crippen LogP contribution in [0.2, 0.25) is 0 Å². The van der Waals surface area contributed by atoms with Crippen molar-refractivity contribution in [2.45, 2.75) is 16.8 Å². The van der Waals surface area contributed by atoms with Gasteiger partial charge < -0.3 is 14.2 Å². The molecule has 0 aromatic heterocycles. The Morgan fingerprint density at radius 3 is 2.23 bits per heavy atom. The van der Waals surface area contributed by atoms with Gasteiger partial charge in [0.05, 0.1) is 19.3 Å². The molecule has 1 unspecified atom stereocenters. The number of halogens is 3. The summed E-state index contributed by atoms with van der Waals surface area (Å²) in [6.07, 6.45) is -2.46. The molecule has 0 fully saturated rings. The molecule has 1 aromatic carbocycles. The van der Waals surface area contributed by atoms with Crippen molar-refractivity contribution in [3.8, 4) is 5.75 Å². The molecule has 0 saturated carbocycles. The minimum absolute atomic E-state index is 0.102. The topological polar surface area (TPSA) is 90.9 Å². The smallest absolute Gasteiger partial charge is 0.414 e. The normalized spacial score (nSPS) is 11.9. The molecule has 0 heterocycles. The summed E-state index contributed by atoms with van der Waals surface area (Å²) < 4.78 is 12.7. The number of carbonyl (C=O) groups excluding carboxylic acids is 3. The maximum Gasteiger partial charge on any atom is 0.414 e. The third-order valence-electron chi connectivity index (χ3n) is 2.97. The zero-order valence-electron chi connectivity index (χ0n) is 13.9. The molecule has 2 amide bonds. The van der Waals surface area contributed by atoms with E-state index in [1.807, 2.05) is 0 Å². The summed E-state index contributed by atoms with van der Waals surface area (Å²) in [5.74, 6) is -1.43. The van der Waals surface area contributed by atoms with E-state index in [0.29, 0.717) is 11.3 Å². The molecule has 0 aliphatic carbocycles. The largest absolute Gasteiger partial charge is 0.497 e. The van der Waals surface area contributed by atoms with Crippen LogP contribution < -0.4 is 10.1 Å². The molecule has 26 heavy (non-hydrogen) atoms. The number of ether oxygens (including phenoxy) is 3. The number of carbonyl (C=O) groups is 3. The fourth-order valence-electron chi connectivity index (χ4n) is 1.75. The molecular formula is C16H16Cl3NO6. The zero-order chi connectivity index (χ0) is 19.9. The van der Waals surface area contributed by atoms with Crippen LogP contribution in [-0.2, 0) is 19.1 Å². The summed E-state index contributed by atoms with van der Waals surface area (Å²) in [6, 6.07) is 6.29. The van der Waals surface area contributed by atoms with Crippen molar-refractivity contribution in [2.24, 2.45) is 0 Å². The summed E-state index contributed by atoms with van der Waals surface area (Å²) in [5, 5.41) is 1.75. The highest BCUT2D eigenvalue weighted by molar-refractivity contribution is 6.76. The summed E-state index contributed by atoms with van der Waals surface area (Å²) >= 11 is 16.1. The Labute approximate surface area is 165 Å². The number of hydrogen-bond acceptors (Lipinski definition) is 6. The van der Waals surface area contributed by atoms with E-state index in [9.17, 15) is 14.4 Å². The first-order valence-electron chi connectivity index (χ1n) is 7.18. The first-order chi connectivity index (χ1) is 12.1. The molecule has 0 saturated heterocycles. The van der Waals surface area contributed by atoms with Gasteiger partial charge >= 0.3 is 12.1 Å². The van der Waals surface area contributed by atoms with Gasteiger partial charge in [0.1, 0.15) is 5.75 Å². The summed E-state index contributed by atoms with van der Waals surface area (Å²) in [7, 11) is 1.48. The van der Waals surface area contributed by atoms with Crippen LogP contribution in [0.4, 0.5) is 4.79 Å². The van der Waals surface area contributed by atoms with Crippen molar-refractivity contribution in [1.29, 1.82) is 0 Å². The number of nitrogens with one attached hydrogen (secondary N) is 1. The number of imide groups is 1. The molecule has 7 nitrogen and oxygen atoms in total. The summed E-state index contributed by atoms with van der Waals surface area (Å²) in [5.41, 5.74) is 0.230. The van der Waals surface area contributed by atoms with Crippen LogP contribution in [0.3, 0.4) is 0 Å². The van der Waals surface area contributed by atoms with Crippen LogP contribution in [0.15, 0.2) is 36.4 Å². The van der Waals surface area contributed by atoms with Crippen molar-refractivity contribution in [2.75, 3.05) is 13.7 Å². The Kier molecular flexibility index (Phi) is 8.20. The Morgan fingerprint density at radius 1 is 1.19 bits per heavy atom.